The van der Waals surface area contributed by atoms with E-state index >= 15 is 0 Å². The number of fused-ring (bicyclic) bond motifs is 2. The Balaban J connectivity index is 1.64. The molecule has 5 rings (SSSR count). The highest BCUT2D eigenvalue weighted by Gasteiger charge is 2.72. The molecule has 5 fully saturated rings. The average molecular weight is 368 g/mol. The molecule has 7 heteroatoms. The lowest BCUT2D eigenvalue weighted by atomic mass is 9.54. The maximum absolute atomic E-state index is 12.0. The van der Waals surface area contributed by atoms with Crippen molar-refractivity contribution in [1.82, 2.24) is 0 Å². The number of ether oxygens (including phenoxy) is 3. The molecule has 4 heterocycles. The van der Waals surface area contributed by atoms with Crippen molar-refractivity contribution < 1.29 is 33.6 Å². The van der Waals surface area contributed by atoms with Crippen LogP contribution in [0, 0.1) is 17.3 Å². The molecule has 146 valence electrons. The molecule has 4 saturated heterocycles. The van der Waals surface area contributed by atoms with E-state index in [1.165, 1.54) is 0 Å². The number of aldehydes is 1. The minimum atomic E-state index is -0.854. The summed E-state index contributed by atoms with van der Waals surface area (Å²) in [6, 6.07) is 0. The lowest BCUT2D eigenvalue weighted by molar-refractivity contribution is -0.580. The maximum Gasteiger partial charge on any atom is 0.308 e. The molecule has 1 unspecified atom stereocenters. The number of esters is 1. The average Bonchev–Trinajstić information content (AvgIpc) is 2.78. The minimum Gasteiger partial charge on any atom is -0.435 e. The molecule has 1 saturated carbocycles. The van der Waals surface area contributed by atoms with E-state index in [0.717, 1.165) is 32.1 Å². The molecule has 1 aliphatic carbocycles. The van der Waals surface area contributed by atoms with E-state index in [2.05, 4.69) is 6.92 Å². The molecular weight excluding hydrogens is 340 g/mol. The summed E-state index contributed by atoms with van der Waals surface area (Å²) in [5, 5.41) is 0. The van der Waals surface area contributed by atoms with Crippen molar-refractivity contribution in [3.05, 3.63) is 0 Å². The zero-order chi connectivity index (χ0) is 18.6. The van der Waals surface area contributed by atoms with Crippen molar-refractivity contribution in [2.45, 2.75) is 89.7 Å². The summed E-state index contributed by atoms with van der Waals surface area (Å²) in [5.41, 5.74) is -0.804. The van der Waals surface area contributed by atoms with E-state index < -0.39 is 29.9 Å². The van der Waals surface area contributed by atoms with E-state index in [1.807, 2.05) is 13.8 Å². The molecule has 1 spiro atoms. The van der Waals surface area contributed by atoms with Gasteiger partial charge < -0.3 is 19.0 Å². The van der Waals surface area contributed by atoms with Crippen LogP contribution in [-0.4, -0.2) is 36.2 Å². The van der Waals surface area contributed by atoms with Gasteiger partial charge in [-0.3, -0.25) is 4.79 Å². The molecule has 0 aromatic heterocycles. The van der Waals surface area contributed by atoms with Crippen LogP contribution in [0.25, 0.3) is 0 Å². The number of rotatable bonds is 4. The lowest BCUT2D eigenvalue weighted by Gasteiger charge is -2.62. The van der Waals surface area contributed by atoms with Crippen molar-refractivity contribution >= 4 is 12.3 Å². The Morgan fingerprint density at radius 3 is 2.81 bits per heavy atom. The molecule has 0 amide bonds. The van der Waals surface area contributed by atoms with Crippen LogP contribution in [0.4, 0.5) is 0 Å². The Hall–Kier alpha value is -1.02. The molecule has 26 heavy (non-hydrogen) atoms. The Morgan fingerprint density at radius 2 is 2.04 bits per heavy atom. The normalized spacial score (nSPS) is 49.8. The number of carbonyl (C=O) groups is 2. The highest BCUT2D eigenvalue weighted by atomic mass is 17.3. The van der Waals surface area contributed by atoms with Gasteiger partial charge in [0.2, 0.25) is 12.1 Å². The molecule has 5 aliphatic rings. The van der Waals surface area contributed by atoms with Crippen molar-refractivity contribution in [1.29, 1.82) is 0 Å². The second kappa shape index (κ2) is 6.26. The number of hydrogen-bond acceptors (Lipinski definition) is 7. The lowest BCUT2D eigenvalue weighted by Crippen LogP contribution is -2.72. The first-order chi connectivity index (χ1) is 12.3. The summed E-state index contributed by atoms with van der Waals surface area (Å²) in [4.78, 5) is 34.4. The van der Waals surface area contributed by atoms with Gasteiger partial charge in [-0.2, -0.15) is 0 Å². The van der Waals surface area contributed by atoms with Gasteiger partial charge in [0.25, 0.3) is 0 Å². The van der Waals surface area contributed by atoms with Crippen LogP contribution in [-0.2, 0) is 33.6 Å². The van der Waals surface area contributed by atoms with Gasteiger partial charge in [0.05, 0.1) is 6.42 Å². The molecule has 0 aromatic carbocycles. The van der Waals surface area contributed by atoms with Gasteiger partial charge in [-0.25, -0.2) is 9.78 Å². The third-order valence-electron chi connectivity index (χ3n) is 6.97. The SMILES string of the molecule is C[C@@H]1C2CCC[C@]3(C)CC[C@]4(C)OO[C@@]23[C@H](O[C@H]1OC(=O)CCC=O)O4. The van der Waals surface area contributed by atoms with Crippen molar-refractivity contribution in [2.75, 3.05) is 0 Å². The minimum absolute atomic E-state index is 0.0549. The van der Waals surface area contributed by atoms with Crippen LogP contribution in [0.5, 0.6) is 0 Å². The smallest absolute Gasteiger partial charge is 0.308 e. The fourth-order valence-electron chi connectivity index (χ4n) is 5.36. The van der Waals surface area contributed by atoms with E-state index in [-0.39, 0.29) is 30.1 Å². The highest BCUT2D eigenvalue weighted by molar-refractivity contribution is 5.72. The molecule has 0 N–H and O–H groups in total. The molecular formula is C19H28O7. The van der Waals surface area contributed by atoms with Crippen LogP contribution in [0.3, 0.4) is 0 Å². The first kappa shape index (κ1) is 18.3. The van der Waals surface area contributed by atoms with Gasteiger partial charge in [-0.15, -0.1) is 0 Å². The van der Waals surface area contributed by atoms with Gasteiger partial charge in [0.15, 0.2) is 11.9 Å². The van der Waals surface area contributed by atoms with E-state index in [0.29, 0.717) is 6.29 Å². The van der Waals surface area contributed by atoms with Crippen LogP contribution in [0.2, 0.25) is 0 Å². The number of carbonyl (C=O) groups excluding carboxylic acids is 2. The topological polar surface area (TPSA) is 80.3 Å². The van der Waals surface area contributed by atoms with Crippen LogP contribution in [0.15, 0.2) is 0 Å². The summed E-state index contributed by atoms with van der Waals surface area (Å²) in [7, 11) is 0. The Morgan fingerprint density at radius 1 is 1.23 bits per heavy atom. The van der Waals surface area contributed by atoms with E-state index in [1.54, 1.807) is 0 Å². The van der Waals surface area contributed by atoms with Crippen molar-refractivity contribution in [2.24, 2.45) is 17.3 Å². The molecule has 7 atom stereocenters. The Kier molecular flexibility index (Phi) is 4.42. The summed E-state index contributed by atoms with van der Waals surface area (Å²) in [5.74, 6) is -1.23. The van der Waals surface area contributed by atoms with Gasteiger partial charge in [0, 0.05) is 30.1 Å². The number of hydrogen-bond donors (Lipinski definition) is 0. The zero-order valence-corrected chi connectivity index (χ0v) is 15.7. The van der Waals surface area contributed by atoms with Gasteiger partial charge in [-0.05, 0) is 26.2 Å². The Bertz CT molecular complexity index is 594. The third kappa shape index (κ3) is 2.55. The summed E-state index contributed by atoms with van der Waals surface area (Å²) >= 11 is 0. The van der Waals surface area contributed by atoms with Gasteiger partial charge in [0.1, 0.15) is 6.29 Å². The Labute approximate surface area is 153 Å². The van der Waals surface area contributed by atoms with Crippen molar-refractivity contribution in [3.63, 3.8) is 0 Å². The van der Waals surface area contributed by atoms with E-state index in [4.69, 9.17) is 24.0 Å². The fourth-order valence-corrected chi connectivity index (χ4v) is 5.36. The quantitative estimate of drug-likeness (QED) is 0.429. The summed E-state index contributed by atoms with van der Waals surface area (Å²) in [6.07, 6.45) is 4.33. The van der Waals surface area contributed by atoms with Crippen LogP contribution in [0.1, 0.15) is 65.7 Å². The standard InChI is InChI=1S/C19H28O7/c1-12-13-6-4-8-17(2)9-10-18(3)24-16(19(13,17)26-25-18)23-15(12)22-14(21)7-5-11-20/h11-13,15-16H,4-10H2,1-3H3/t12-,13?,15-,16-,17-,18+,19-/m1/s1. The highest BCUT2D eigenvalue weighted by Crippen LogP contribution is 2.64. The van der Waals surface area contributed by atoms with Gasteiger partial charge in [-0.1, -0.05) is 20.3 Å². The van der Waals surface area contributed by atoms with Crippen LogP contribution < -0.4 is 0 Å². The molecule has 0 aromatic rings. The third-order valence-corrected chi connectivity index (χ3v) is 6.97. The van der Waals surface area contributed by atoms with Crippen LogP contribution >= 0.6 is 0 Å². The molecule has 2 bridgehead atoms. The molecule has 7 nitrogen and oxygen atoms in total. The first-order valence-electron chi connectivity index (χ1n) is 9.67. The predicted octanol–water partition coefficient (Wildman–Crippen LogP) is 2.86. The molecule has 0 radical (unpaired) electrons. The zero-order valence-electron chi connectivity index (χ0n) is 15.7. The van der Waals surface area contributed by atoms with E-state index in [9.17, 15) is 9.59 Å². The summed E-state index contributed by atoms with van der Waals surface area (Å²) in [6.45, 7) is 6.13. The predicted molar refractivity (Wildman–Crippen MR) is 88.3 cm³/mol. The fraction of sp³-hybridized carbons (Fsp3) is 0.895. The second-order valence-electron chi connectivity index (χ2n) is 8.66. The maximum atomic E-state index is 12.0. The second-order valence-corrected chi connectivity index (χ2v) is 8.66. The largest absolute Gasteiger partial charge is 0.435 e. The monoisotopic (exact) mass is 368 g/mol. The summed E-state index contributed by atoms with van der Waals surface area (Å²) < 4.78 is 17.9. The first-order valence-corrected chi connectivity index (χ1v) is 9.67. The van der Waals surface area contributed by atoms with Gasteiger partial charge >= 0.3 is 5.97 Å². The molecule has 4 aliphatic heterocycles. The van der Waals surface area contributed by atoms with Crippen molar-refractivity contribution in [3.8, 4) is 0 Å².